The highest BCUT2D eigenvalue weighted by Crippen LogP contribution is 2.71. The van der Waals surface area contributed by atoms with E-state index in [0.29, 0.717) is 31.1 Å². The van der Waals surface area contributed by atoms with Crippen molar-refractivity contribution in [2.75, 3.05) is 11.5 Å². The van der Waals surface area contributed by atoms with Gasteiger partial charge in [0.1, 0.15) is 0 Å². The molecule has 0 radical (unpaired) electrons. The fourth-order valence-electron chi connectivity index (χ4n) is 11.2. The Bertz CT molecular complexity index is 1360. The molecule has 0 aromatic rings. The molecule has 0 N–H and O–H groups in total. The van der Waals surface area contributed by atoms with Gasteiger partial charge >= 0.3 is 0 Å². The van der Waals surface area contributed by atoms with Gasteiger partial charge in [0.05, 0.1) is 23.6 Å². The lowest BCUT2D eigenvalue weighted by Crippen LogP contribution is -2.48. The molecule has 6 fully saturated rings. The maximum absolute atomic E-state index is 14.3. The first-order valence-corrected chi connectivity index (χ1v) is 19.9. The maximum Gasteiger partial charge on any atom is 0.239 e. The number of sulfonamides is 2. The summed E-state index contributed by atoms with van der Waals surface area (Å²) in [4.78, 5) is 28.4. The molecule has 2 amide bonds. The van der Waals surface area contributed by atoms with Crippen LogP contribution in [0.4, 0.5) is 0 Å². The summed E-state index contributed by atoms with van der Waals surface area (Å²) in [5.74, 6) is -1.03. The molecule has 6 rings (SSSR count). The van der Waals surface area contributed by atoms with E-state index in [1.54, 1.807) is 0 Å². The van der Waals surface area contributed by atoms with Crippen molar-refractivity contribution in [3.05, 3.63) is 0 Å². The van der Waals surface area contributed by atoms with E-state index in [4.69, 9.17) is 0 Å². The Hall–Kier alpha value is -1.16. The van der Waals surface area contributed by atoms with Gasteiger partial charge in [-0.1, -0.05) is 73.1 Å². The molecule has 8 nitrogen and oxygen atoms in total. The highest BCUT2D eigenvalue weighted by atomic mass is 32.2. The molecule has 4 saturated carbocycles. The third kappa shape index (κ3) is 4.07. The van der Waals surface area contributed by atoms with E-state index in [9.17, 15) is 26.4 Å². The summed E-state index contributed by atoms with van der Waals surface area (Å²) in [6.07, 6.45) is 11.2. The Morgan fingerprint density at radius 2 is 1.21 bits per heavy atom. The Morgan fingerprint density at radius 1 is 0.738 bits per heavy atom. The number of rotatable bonds is 10. The lowest BCUT2D eigenvalue weighted by atomic mass is 9.69. The second-order valence-corrected chi connectivity index (χ2v) is 19.7. The Morgan fingerprint density at radius 3 is 1.74 bits per heavy atom. The number of fused-ring (bicyclic) bond motifs is 2. The predicted octanol–water partition coefficient (Wildman–Crippen LogP) is 5.48. The van der Waals surface area contributed by atoms with Crippen LogP contribution in [0, 0.1) is 39.4 Å². The molecule has 4 aliphatic carbocycles. The van der Waals surface area contributed by atoms with Crippen molar-refractivity contribution < 1.29 is 26.4 Å². The zero-order chi connectivity index (χ0) is 30.5. The minimum atomic E-state index is -3.82. The number of hydrogen-bond acceptors (Lipinski definition) is 6. The molecule has 2 saturated heterocycles. The van der Waals surface area contributed by atoms with Gasteiger partial charge in [0.15, 0.2) is 0 Å². The first-order chi connectivity index (χ1) is 19.6. The lowest BCUT2D eigenvalue weighted by Gasteiger charge is -2.38. The number of nitrogens with zero attached hydrogens (tertiary/aromatic N) is 2. The van der Waals surface area contributed by atoms with Crippen molar-refractivity contribution in [1.82, 2.24) is 8.61 Å². The van der Waals surface area contributed by atoms with Gasteiger partial charge in [-0.25, -0.2) is 25.4 Å². The normalized spacial score (nSPS) is 39.9. The van der Waals surface area contributed by atoms with E-state index in [1.165, 1.54) is 4.31 Å². The van der Waals surface area contributed by atoms with Crippen LogP contribution in [-0.2, 0) is 29.6 Å². The number of carbonyl (C=O) groups excluding carboxylic acids is 2. The first-order valence-electron chi connectivity index (χ1n) is 16.7. The Balaban J connectivity index is 1.26. The monoisotopic (exact) mass is 624 g/mol. The molecule has 2 aliphatic heterocycles. The Kier molecular flexibility index (Phi) is 7.29. The third-order valence-corrected chi connectivity index (χ3v) is 17.8. The second-order valence-electron chi connectivity index (χ2n) is 16.0. The van der Waals surface area contributed by atoms with Gasteiger partial charge in [-0.2, -0.15) is 0 Å². The van der Waals surface area contributed by atoms with Crippen LogP contribution in [0.15, 0.2) is 0 Å². The van der Waals surface area contributed by atoms with Gasteiger partial charge in [0.2, 0.25) is 31.9 Å². The van der Waals surface area contributed by atoms with E-state index in [0.717, 1.165) is 68.5 Å². The topological polar surface area (TPSA) is 109 Å². The molecule has 42 heavy (non-hydrogen) atoms. The van der Waals surface area contributed by atoms with Crippen LogP contribution in [0.1, 0.15) is 125 Å². The number of carbonyl (C=O) groups is 2. The minimum absolute atomic E-state index is 0.000833. The van der Waals surface area contributed by atoms with Gasteiger partial charge in [0, 0.05) is 23.2 Å². The van der Waals surface area contributed by atoms with E-state index in [1.807, 2.05) is 0 Å². The molecule has 0 aromatic heterocycles. The van der Waals surface area contributed by atoms with Gasteiger partial charge in [-0.05, 0) is 67.6 Å². The van der Waals surface area contributed by atoms with Crippen molar-refractivity contribution in [2.24, 2.45) is 39.4 Å². The smallest absolute Gasteiger partial charge is 0.239 e. The van der Waals surface area contributed by atoms with Gasteiger partial charge in [-0.3, -0.25) is 9.59 Å². The predicted molar refractivity (Wildman–Crippen MR) is 162 cm³/mol. The van der Waals surface area contributed by atoms with E-state index >= 15 is 0 Å². The molecule has 6 aliphatic rings. The highest BCUT2D eigenvalue weighted by Gasteiger charge is 2.74. The van der Waals surface area contributed by atoms with Crippen LogP contribution in [-0.4, -0.2) is 60.8 Å². The summed E-state index contributed by atoms with van der Waals surface area (Å²) in [6, 6.07) is -0.699. The SMILES string of the molecule is CCCCCCCC[C@@H](CC(=O)N1[C@@H]2C[C@H]3CC[C@]2(CS1(=O)=O)C3(C)C)C(=O)N1[C@@H]2C[C@H]3CC[C@]2(CS1(=O)=O)C3(C)C. The van der Waals surface area contributed by atoms with Crippen molar-refractivity contribution in [1.29, 1.82) is 0 Å². The largest absolute Gasteiger partial charge is 0.274 e. The average molecular weight is 625 g/mol. The molecule has 0 aromatic carbocycles. The average Bonchev–Trinajstić information content (AvgIpc) is 3.58. The summed E-state index contributed by atoms with van der Waals surface area (Å²) in [5, 5.41) is 0. The van der Waals surface area contributed by atoms with Crippen LogP contribution in [0.3, 0.4) is 0 Å². The summed E-state index contributed by atoms with van der Waals surface area (Å²) in [6.45, 7) is 10.8. The highest BCUT2D eigenvalue weighted by molar-refractivity contribution is 7.90. The molecule has 7 atom stereocenters. The van der Waals surface area contributed by atoms with Crippen LogP contribution in [0.25, 0.3) is 0 Å². The zero-order valence-corrected chi connectivity index (χ0v) is 28.0. The van der Waals surface area contributed by atoms with Crippen molar-refractivity contribution >= 4 is 31.9 Å². The van der Waals surface area contributed by atoms with E-state index in [2.05, 4.69) is 34.6 Å². The molecular weight excluding hydrogens is 572 g/mol. The molecule has 2 heterocycles. The second kappa shape index (κ2) is 9.92. The van der Waals surface area contributed by atoms with Crippen LogP contribution < -0.4 is 0 Å². The molecular formula is C32H52N2O6S2. The van der Waals surface area contributed by atoms with Gasteiger partial charge < -0.3 is 0 Å². The maximum atomic E-state index is 14.3. The third-order valence-electron chi connectivity index (χ3n) is 14.0. The molecule has 10 heteroatoms. The fourth-order valence-corrected chi connectivity index (χ4v) is 16.3. The van der Waals surface area contributed by atoms with E-state index in [-0.39, 0.29) is 40.8 Å². The summed E-state index contributed by atoms with van der Waals surface area (Å²) < 4.78 is 56.9. The van der Waals surface area contributed by atoms with Crippen molar-refractivity contribution in [3.8, 4) is 0 Å². The van der Waals surface area contributed by atoms with Crippen molar-refractivity contribution in [3.63, 3.8) is 0 Å². The summed E-state index contributed by atoms with van der Waals surface area (Å²) in [7, 11) is -7.63. The van der Waals surface area contributed by atoms with Gasteiger partial charge in [-0.15, -0.1) is 0 Å². The number of hydrogen-bond donors (Lipinski definition) is 0. The summed E-state index contributed by atoms with van der Waals surface area (Å²) >= 11 is 0. The molecule has 0 unspecified atom stereocenters. The van der Waals surface area contributed by atoms with Gasteiger partial charge in [0.25, 0.3) is 0 Å². The lowest BCUT2D eigenvalue weighted by molar-refractivity contribution is -0.139. The molecule has 4 bridgehead atoms. The first kappa shape index (κ1) is 30.8. The fraction of sp³-hybridized carbons (Fsp3) is 0.938. The quantitative estimate of drug-likeness (QED) is 0.298. The minimum Gasteiger partial charge on any atom is -0.274 e. The molecule has 2 spiro atoms. The van der Waals surface area contributed by atoms with Crippen molar-refractivity contribution in [2.45, 2.75) is 137 Å². The van der Waals surface area contributed by atoms with Crippen LogP contribution in [0.5, 0.6) is 0 Å². The molecule has 238 valence electrons. The standard InChI is InChI=1S/C32H52N2O6S2/c1-6-7-8-9-10-11-12-22(28(36)34-26-19-24-14-16-32(26,30(24,4)5)21-42(34,39)40)17-27(35)33-25-18-23-13-15-31(25,29(23,2)3)20-41(33,37)38/h22-26H,6-21H2,1-5H3/t22-,23+,24+,25+,26+,31+,32+/m0/s1. The summed E-state index contributed by atoms with van der Waals surface area (Å²) in [5.41, 5.74) is -1.17. The van der Waals surface area contributed by atoms with Crippen LogP contribution in [0.2, 0.25) is 0 Å². The van der Waals surface area contributed by atoms with E-state index < -0.39 is 48.6 Å². The Labute approximate surface area is 253 Å². The number of unbranched alkanes of at least 4 members (excludes halogenated alkanes) is 5. The van der Waals surface area contributed by atoms with Crippen LogP contribution >= 0.6 is 0 Å². The number of amides is 2. The zero-order valence-electron chi connectivity index (χ0n) is 26.4.